The molecular weight excluding hydrogens is 242 g/mol. The summed E-state index contributed by atoms with van der Waals surface area (Å²) in [4.78, 5) is 22.8. The lowest BCUT2D eigenvalue weighted by Gasteiger charge is -2.09. The quantitative estimate of drug-likeness (QED) is 0.578. The fourth-order valence-corrected chi connectivity index (χ4v) is 1.70. The van der Waals surface area contributed by atoms with Crippen LogP contribution in [-0.2, 0) is 0 Å². The topological polar surface area (TPSA) is 69.4 Å². The van der Waals surface area contributed by atoms with E-state index in [1.54, 1.807) is 18.2 Å². The second kappa shape index (κ2) is 7.69. The summed E-state index contributed by atoms with van der Waals surface area (Å²) in [6.07, 6.45) is 2.91. The number of carbonyl (C=O) groups is 2. The van der Waals surface area contributed by atoms with Crippen LogP contribution in [0.5, 0.6) is 5.75 Å². The number of hydrogen-bond donors (Lipinski definition) is 1. The molecule has 1 aromatic rings. The van der Waals surface area contributed by atoms with Crippen LogP contribution in [0.4, 0.5) is 0 Å². The normalized spacial score (nSPS) is 10.3. The predicted molar refractivity (Wildman–Crippen MR) is 74.9 cm³/mol. The van der Waals surface area contributed by atoms with E-state index in [0.717, 1.165) is 19.3 Å². The number of Topliss-reactive ketones (excluding diaryl/α,β-unsaturated/α-hetero) is 2. The highest BCUT2D eigenvalue weighted by Gasteiger charge is 2.08. The Morgan fingerprint density at radius 1 is 1.00 bits per heavy atom. The number of ketones is 2. The largest absolute Gasteiger partial charge is 0.494 e. The Morgan fingerprint density at radius 2 is 1.58 bits per heavy atom. The number of hydrogen-bond acceptors (Lipinski definition) is 4. The van der Waals surface area contributed by atoms with Crippen molar-refractivity contribution in [3.63, 3.8) is 0 Å². The molecule has 0 aliphatic carbocycles. The van der Waals surface area contributed by atoms with Gasteiger partial charge in [0.15, 0.2) is 11.6 Å². The highest BCUT2D eigenvalue weighted by atomic mass is 16.5. The molecule has 1 aromatic carbocycles. The van der Waals surface area contributed by atoms with Crippen LogP contribution < -0.4 is 10.5 Å². The average Bonchev–Trinajstić information content (AvgIpc) is 2.38. The van der Waals surface area contributed by atoms with Crippen molar-refractivity contribution in [2.75, 3.05) is 13.2 Å². The van der Waals surface area contributed by atoms with Crippen molar-refractivity contribution in [1.82, 2.24) is 0 Å². The maximum Gasteiger partial charge on any atom is 0.159 e. The molecule has 0 atom stereocenters. The summed E-state index contributed by atoms with van der Waals surface area (Å²) in [5, 5.41) is 0. The molecule has 2 N–H and O–H groups in total. The van der Waals surface area contributed by atoms with Gasteiger partial charge in [0, 0.05) is 11.1 Å². The number of ether oxygens (including phenoxy) is 1. The molecule has 0 fully saturated rings. The SMILES string of the molecule is CC(=O)c1cc(OCCCCCN)cc(C(C)=O)c1. The van der Waals surface area contributed by atoms with Crippen molar-refractivity contribution < 1.29 is 14.3 Å². The van der Waals surface area contributed by atoms with Gasteiger partial charge in [-0.2, -0.15) is 0 Å². The van der Waals surface area contributed by atoms with E-state index in [1.165, 1.54) is 13.8 Å². The Morgan fingerprint density at radius 3 is 2.05 bits per heavy atom. The second-order valence-corrected chi connectivity index (χ2v) is 4.56. The molecule has 0 saturated carbocycles. The first-order valence-corrected chi connectivity index (χ1v) is 6.54. The molecule has 0 heterocycles. The molecule has 0 spiro atoms. The highest BCUT2D eigenvalue weighted by molar-refractivity contribution is 6.00. The Bertz CT molecular complexity index is 422. The third-order valence-corrected chi connectivity index (χ3v) is 2.84. The number of unbranched alkanes of at least 4 members (excludes halogenated alkanes) is 2. The molecule has 0 saturated heterocycles. The number of benzene rings is 1. The van der Waals surface area contributed by atoms with Gasteiger partial charge in [0.05, 0.1) is 6.61 Å². The zero-order valence-corrected chi connectivity index (χ0v) is 11.6. The van der Waals surface area contributed by atoms with Gasteiger partial charge in [-0.1, -0.05) is 0 Å². The first kappa shape index (κ1) is 15.4. The molecule has 19 heavy (non-hydrogen) atoms. The molecule has 104 valence electrons. The summed E-state index contributed by atoms with van der Waals surface area (Å²) in [5.41, 5.74) is 6.42. The third-order valence-electron chi connectivity index (χ3n) is 2.84. The van der Waals surface area contributed by atoms with Gasteiger partial charge in [0.25, 0.3) is 0 Å². The average molecular weight is 263 g/mol. The molecular formula is C15H21NO3. The standard InChI is InChI=1S/C15H21NO3/c1-11(17)13-8-14(12(2)18)10-15(9-13)19-7-5-3-4-6-16/h8-10H,3-7,16H2,1-2H3. The van der Waals surface area contributed by atoms with Crippen molar-refractivity contribution in [3.8, 4) is 5.75 Å². The van der Waals surface area contributed by atoms with Gasteiger partial charge in [-0.3, -0.25) is 9.59 Å². The van der Waals surface area contributed by atoms with Crippen LogP contribution in [0.25, 0.3) is 0 Å². The monoisotopic (exact) mass is 263 g/mol. The zero-order chi connectivity index (χ0) is 14.3. The van der Waals surface area contributed by atoms with Crippen molar-refractivity contribution in [1.29, 1.82) is 0 Å². The van der Waals surface area contributed by atoms with E-state index in [4.69, 9.17) is 10.5 Å². The molecule has 0 aliphatic heterocycles. The summed E-state index contributed by atoms with van der Waals surface area (Å²) in [7, 11) is 0. The molecule has 0 unspecified atom stereocenters. The van der Waals surface area contributed by atoms with Gasteiger partial charge < -0.3 is 10.5 Å². The van der Waals surface area contributed by atoms with Crippen LogP contribution in [0.3, 0.4) is 0 Å². The fourth-order valence-electron chi connectivity index (χ4n) is 1.70. The lowest BCUT2D eigenvalue weighted by atomic mass is 10.0. The summed E-state index contributed by atoms with van der Waals surface area (Å²) in [6.45, 7) is 4.21. The molecule has 0 radical (unpaired) electrons. The minimum Gasteiger partial charge on any atom is -0.494 e. The Labute approximate surface area is 113 Å². The lowest BCUT2D eigenvalue weighted by molar-refractivity contribution is 0.101. The van der Waals surface area contributed by atoms with E-state index in [9.17, 15) is 9.59 Å². The van der Waals surface area contributed by atoms with E-state index in [0.29, 0.717) is 30.0 Å². The second-order valence-electron chi connectivity index (χ2n) is 4.56. The van der Waals surface area contributed by atoms with Gasteiger partial charge in [-0.25, -0.2) is 0 Å². The Balaban J connectivity index is 2.71. The Kier molecular flexibility index (Phi) is 6.22. The smallest absolute Gasteiger partial charge is 0.159 e. The first-order chi connectivity index (χ1) is 9.04. The van der Waals surface area contributed by atoms with E-state index < -0.39 is 0 Å². The van der Waals surface area contributed by atoms with Gasteiger partial charge in [0.1, 0.15) is 5.75 Å². The van der Waals surface area contributed by atoms with Crippen molar-refractivity contribution >= 4 is 11.6 Å². The molecule has 0 aliphatic rings. The molecule has 0 amide bonds. The van der Waals surface area contributed by atoms with Crippen molar-refractivity contribution in [2.45, 2.75) is 33.1 Å². The van der Waals surface area contributed by atoms with E-state index in [2.05, 4.69) is 0 Å². The molecule has 4 heteroatoms. The van der Waals surface area contributed by atoms with Gasteiger partial charge in [-0.05, 0) is 57.9 Å². The minimum atomic E-state index is -0.0731. The van der Waals surface area contributed by atoms with Crippen molar-refractivity contribution in [2.24, 2.45) is 5.73 Å². The van der Waals surface area contributed by atoms with E-state index in [-0.39, 0.29) is 11.6 Å². The summed E-state index contributed by atoms with van der Waals surface area (Å²) in [5.74, 6) is 0.429. The van der Waals surface area contributed by atoms with Gasteiger partial charge in [-0.15, -0.1) is 0 Å². The van der Waals surface area contributed by atoms with Gasteiger partial charge in [0.2, 0.25) is 0 Å². The molecule has 1 rings (SSSR count). The lowest BCUT2D eigenvalue weighted by Crippen LogP contribution is -2.04. The summed E-state index contributed by atoms with van der Waals surface area (Å²) < 4.78 is 5.59. The van der Waals surface area contributed by atoms with Crippen LogP contribution in [0, 0.1) is 0 Å². The molecule has 0 bridgehead atoms. The highest BCUT2D eigenvalue weighted by Crippen LogP contribution is 2.19. The fraction of sp³-hybridized carbons (Fsp3) is 0.467. The van der Waals surface area contributed by atoms with Crippen molar-refractivity contribution in [3.05, 3.63) is 29.3 Å². The summed E-state index contributed by atoms with van der Waals surface area (Å²) >= 11 is 0. The van der Waals surface area contributed by atoms with Crippen LogP contribution in [0.15, 0.2) is 18.2 Å². The van der Waals surface area contributed by atoms with Crippen LogP contribution in [0.2, 0.25) is 0 Å². The van der Waals surface area contributed by atoms with Gasteiger partial charge >= 0.3 is 0 Å². The van der Waals surface area contributed by atoms with Crippen LogP contribution >= 0.6 is 0 Å². The predicted octanol–water partition coefficient (Wildman–Crippen LogP) is 2.60. The molecule has 0 aromatic heterocycles. The first-order valence-electron chi connectivity index (χ1n) is 6.54. The van der Waals surface area contributed by atoms with Crippen LogP contribution in [-0.4, -0.2) is 24.7 Å². The van der Waals surface area contributed by atoms with Crippen LogP contribution in [0.1, 0.15) is 53.8 Å². The maximum absolute atomic E-state index is 11.4. The number of nitrogens with two attached hydrogens (primary N) is 1. The minimum absolute atomic E-state index is 0.0731. The Hall–Kier alpha value is -1.68. The maximum atomic E-state index is 11.4. The number of rotatable bonds is 8. The zero-order valence-electron chi connectivity index (χ0n) is 11.6. The summed E-state index contributed by atoms with van der Waals surface area (Å²) in [6, 6.07) is 4.96. The third kappa shape index (κ3) is 5.22. The van der Waals surface area contributed by atoms with E-state index >= 15 is 0 Å². The number of carbonyl (C=O) groups excluding carboxylic acids is 2. The molecule has 4 nitrogen and oxygen atoms in total. The van der Waals surface area contributed by atoms with E-state index in [1.807, 2.05) is 0 Å².